The molecule has 0 aromatic carbocycles. The van der Waals surface area contributed by atoms with Crippen molar-refractivity contribution in [2.24, 2.45) is 11.8 Å². The van der Waals surface area contributed by atoms with Crippen LogP contribution in [0.15, 0.2) is 12.2 Å². The highest BCUT2D eigenvalue weighted by atomic mass is 16.7. The molecule has 0 bridgehead atoms. The number of hydroxylamine groups is 4. The van der Waals surface area contributed by atoms with E-state index in [0.717, 1.165) is 12.2 Å². The van der Waals surface area contributed by atoms with Crippen molar-refractivity contribution in [2.75, 3.05) is 6.54 Å². The molecule has 0 spiro atoms. The Morgan fingerprint density at radius 2 is 1.28 bits per heavy atom. The monoisotopic (exact) mass is 449 g/mol. The summed E-state index contributed by atoms with van der Waals surface area (Å²) in [5.41, 5.74) is 0. The maximum Gasteiger partial charge on any atom is 0.356 e. The fourth-order valence-electron chi connectivity index (χ4n) is 3.65. The van der Waals surface area contributed by atoms with Crippen molar-refractivity contribution in [3.8, 4) is 0 Å². The van der Waals surface area contributed by atoms with Gasteiger partial charge in [-0.15, -0.1) is 10.1 Å². The smallest absolute Gasteiger partial charge is 0.352 e. The topological polar surface area (TPSA) is 156 Å². The van der Waals surface area contributed by atoms with Gasteiger partial charge in [-0.25, -0.2) is 9.59 Å². The minimum absolute atomic E-state index is 0.0230. The Morgan fingerprint density at radius 3 is 1.81 bits per heavy atom. The molecule has 172 valence electrons. The molecule has 1 aliphatic carbocycles. The highest BCUT2D eigenvalue weighted by Gasteiger charge is 2.36. The summed E-state index contributed by atoms with van der Waals surface area (Å²) in [4.78, 5) is 91.1. The van der Waals surface area contributed by atoms with Crippen LogP contribution >= 0.6 is 0 Å². The Bertz CT molecular complexity index is 842. The van der Waals surface area contributed by atoms with Crippen LogP contribution in [0, 0.1) is 11.8 Å². The van der Waals surface area contributed by atoms with E-state index in [-0.39, 0.29) is 31.6 Å². The van der Waals surface area contributed by atoms with Gasteiger partial charge in [-0.1, -0.05) is 0 Å². The van der Waals surface area contributed by atoms with Crippen molar-refractivity contribution in [3.05, 3.63) is 12.2 Å². The van der Waals surface area contributed by atoms with Gasteiger partial charge in [0.2, 0.25) is 5.91 Å². The summed E-state index contributed by atoms with van der Waals surface area (Å²) in [5.74, 6) is -4.74. The van der Waals surface area contributed by atoms with E-state index in [1.807, 2.05) is 0 Å². The van der Waals surface area contributed by atoms with Crippen molar-refractivity contribution in [1.29, 1.82) is 0 Å². The second-order valence-electron chi connectivity index (χ2n) is 7.78. The quantitative estimate of drug-likeness (QED) is 0.406. The molecule has 2 saturated heterocycles. The molecule has 0 aromatic rings. The average molecular weight is 449 g/mol. The van der Waals surface area contributed by atoms with Crippen LogP contribution in [0.2, 0.25) is 0 Å². The van der Waals surface area contributed by atoms with E-state index >= 15 is 0 Å². The maximum absolute atomic E-state index is 12.2. The molecule has 32 heavy (non-hydrogen) atoms. The largest absolute Gasteiger partial charge is 0.356 e. The number of imide groups is 2. The van der Waals surface area contributed by atoms with Gasteiger partial charge in [0.1, 0.15) is 0 Å². The van der Waals surface area contributed by atoms with Gasteiger partial charge in [0.15, 0.2) is 0 Å². The normalized spacial score (nSPS) is 23.8. The first-order valence-electron chi connectivity index (χ1n) is 10.4. The highest BCUT2D eigenvalue weighted by molar-refractivity contribution is 6.03. The van der Waals surface area contributed by atoms with Crippen molar-refractivity contribution in [2.45, 2.75) is 51.4 Å². The summed E-state index contributed by atoms with van der Waals surface area (Å²) in [6.45, 7) is 0.326. The first-order valence-corrected chi connectivity index (χ1v) is 10.4. The van der Waals surface area contributed by atoms with Gasteiger partial charge >= 0.3 is 11.9 Å². The molecule has 1 N–H and O–H groups in total. The van der Waals surface area contributed by atoms with E-state index < -0.39 is 47.4 Å². The number of hydrogen-bond acceptors (Lipinski definition) is 9. The lowest BCUT2D eigenvalue weighted by Gasteiger charge is -2.27. The number of nitrogens with one attached hydrogen (secondary N) is 1. The first kappa shape index (κ1) is 23.1. The van der Waals surface area contributed by atoms with E-state index in [2.05, 4.69) is 10.2 Å². The lowest BCUT2D eigenvalue weighted by molar-refractivity contribution is -0.201. The van der Waals surface area contributed by atoms with Crippen LogP contribution in [-0.4, -0.2) is 58.1 Å². The summed E-state index contributed by atoms with van der Waals surface area (Å²) < 4.78 is 0. The van der Waals surface area contributed by atoms with Gasteiger partial charge in [-0.3, -0.25) is 24.0 Å². The Labute approximate surface area is 182 Å². The lowest BCUT2D eigenvalue weighted by atomic mass is 9.82. The summed E-state index contributed by atoms with van der Waals surface area (Å²) in [6, 6.07) is 0. The number of hydrogen-bond donors (Lipinski definition) is 1. The van der Waals surface area contributed by atoms with E-state index in [1.54, 1.807) is 0 Å². The van der Waals surface area contributed by atoms with Crippen LogP contribution in [0.4, 0.5) is 0 Å². The fourth-order valence-corrected chi connectivity index (χ4v) is 3.65. The zero-order chi connectivity index (χ0) is 23.3. The molecule has 3 aliphatic rings. The third kappa shape index (κ3) is 5.77. The standard InChI is InChI=1S/C20H23N3O9/c24-14(5-10-19(29)31-22-15(25)6-7-16(22)26)21-11-12-1-3-13(4-2-12)20(30)32-23-17(27)8-9-18(23)28/h5,10,12-13H,1-4,6-9,11H2,(H,21,24)/b10-5+. The maximum atomic E-state index is 12.2. The zero-order valence-corrected chi connectivity index (χ0v) is 17.2. The molecule has 0 aromatic heterocycles. The van der Waals surface area contributed by atoms with E-state index in [1.165, 1.54) is 0 Å². The molecule has 12 nitrogen and oxygen atoms in total. The molecule has 3 fully saturated rings. The van der Waals surface area contributed by atoms with Crippen LogP contribution in [0.3, 0.4) is 0 Å². The third-order valence-electron chi connectivity index (χ3n) is 5.49. The Kier molecular flexibility index (Phi) is 7.33. The molecule has 0 atom stereocenters. The van der Waals surface area contributed by atoms with Crippen molar-refractivity contribution in [1.82, 2.24) is 15.4 Å². The molecule has 12 heteroatoms. The number of rotatable bonds is 7. The van der Waals surface area contributed by atoms with Crippen molar-refractivity contribution >= 4 is 41.5 Å². The number of nitrogens with zero attached hydrogens (tertiary/aromatic N) is 2. The molecule has 5 amide bonds. The van der Waals surface area contributed by atoms with Crippen LogP contribution in [0.5, 0.6) is 0 Å². The molecule has 0 unspecified atom stereocenters. The molecule has 3 rings (SSSR count). The van der Waals surface area contributed by atoms with E-state index in [0.29, 0.717) is 42.4 Å². The van der Waals surface area contributed by atoms with Gasteiger partial charge in [-0.05, 0) is 31.6 Å². The molecule has 2 heterocycles. The fraction of sp³-hybridized carbons (Fsp3) is 0.550. The second kappa shape index (κ2) is 10.2. The Balaban J connectivity index is 1.34. The highest BCUT2D eigenvalue weighted by Crippen LogP contribution is 2.30. The molecule has 1 saturated carbocycles. The molecule has 2 aliphatic heterocycles. The van der Waals surface area contributed by atoms with Gasteiger partial charge in [0.25, 0.3) is 23.6 Å². The Hall–Kier alpha value is -3.57. The SMILES string of the molecule is O=C(/C=C/C(=O)ON1C(=O)CCC1=O)NCC1CCC(C(=O)ON2C(=O)CCC2=O)CC1. The van der Waals surface area contributed by atoms with Crippen molar-refractivity contribution < 1.29 is 43.2 Å². The summed E-state index contributed by atoms with van der Waals surface area (Å²) in [6.07, 6.45) is 4.06. The van der Waals surface area contributed by atoms with Crippen LogP contribution < -0.4 is 5.32 Å². The minimum Gasteiger partial charge on any atom is -0.352 e. The zero-order valence-electron chi connectivity index (χ0n) is 17.2. The van der Waals surface area contributed by atoms with Crippen LogP contribution in [0.1, 0.15) is 51.4 Å². The van der Waals surface area contributed by atoms with E-state index in [9.17, 15) is 33.6 Å². The summed E-state index contributed by atoms with van der Waals surface area (Å²) >= 11 is 0. The van der Waals surface area contributed by atoms with Gasteiger partial charge in [0, 0.05) is 44.4 Å². The second-order valence-corrected chi connectivity index (χ2v) is 7.78. The minimum atomic E-state index is -1.02. The lowest BCUT2D eigenvalue weighted by Crippen LogP contribution is -2.36. The third-order valence-corrected chi connectivity index (χ3v) is 5.49. The van der Waals surface area contributed by atoms with Crippen molar-refractivity contribution in [3.63, 3.8) is 0 Å². The van der Waals surface area contributed by atoms with Gasteiger partial charge in [-0.2, -0.15) is 0 Å². The number of carbonyl (C=O) groups is 7. The molecular weight excluding hydrogens is 426 g/mol. The first-order chi connectivity index (χ1) is 15.2. The van der Waals surface area contributed by atoms with Gasteiger partial charge in [0.05, 0.1) is 5.92 Å². The Morgan fingerprint density at radius 1 is 0.781 bits per heavy atom. The predicted molar refractivity (Wildman–Crippen MR) is 102 cm³/mol. The molecule has 0 radical (unpaired) electrons. The predicted octanol–water partition coefficient (Wildman–Crippen LogP) is -0.320. The number of carbonyl (C=O) groups excluding carboxylic acids is 7. The van der Waals surface area contributed by atoms with Gasteiger partial charge < -0.3 is 15.0 Å². The average Bonchev–Trinajstić information content (AvgIpc) is 3.26. The van der Waals surface area contributed by atoms with Crippen LogP contribution in [-0.2, 0) is 43.2 Å². The number of amides is 5. The van der Waals surface area contributed by atoms with E-state index in [4.69, 9.17) is 4.84 Å². The summed E-state index contributed by atoms with van der Waals surface area (Å²) in [7, 11) is 0. The molecular formula is C20H23N3O9. The summed E-state index contributed by atoms with van der Waals surface area (Å²) in [5, 5.41) is 3.57. The van der Waals surface area contributed by atoms with Crippen LogP contribution in [0.25, 0.3) is 0 Å².